The van der Waals surface area contributed by atoms with Crippen molar-refractivity contribution in [1.29, 1.82) is 0 Å². The van der Waals surface area contributed by atoms with Crippen LogP contribution in [0.25, 0.3) is 0 Å². The van der Waals surface area contributed by atoms with E-state index < -0.39 is 29.5 Å². The number of allylic oxidation sites excluding steroid dienone is 2. The van der Waals surface area contributed by atoms with Gasteiger partial charge in [-0.25, -0.2) is 18.4 Å². The predicted molar refractivity (Wildman–Crippen MR) is 72.9 cm³/mol. The van der Waals surface area contributed by atoms with E-state index in [4.69, 9.17) is 0 Å². The Kier molecular flexibility index (Phi) is 3.99. The quantitative estimate of drug-likeness (QED) is 0.798. The normalized spacial score (nSPS) is 15.8. The number of benzene rings is 1. The Balaban J connectivity index is 2.71. The summed E-state index contributed by atoms with van der Waals surface area (Å²) in [5.74, 6) is -6.10. The number of halogens is 2. The van der Waals surface area contributed by atoms with Gasteiger partial charge in [-0.2, -0.15) is 0 Å². The fourth-order valence-electron chi connectivity index (χ4n) is 2.59. The minimum atomic E-state index is -1.33. The van der Waals surface area contributed by atoms with Gasteiger partial charge in [-0.1, -0.05) is 6.07 Å². The van der Waals surface area contributed by atoms with Gasteiger partial charge in [-0.3, -0.25) is 0 Å². The first kappa shape index (κ1) is 15.7. The monoisotopic (exact) mass is 309 g/mol. The predicted octanol–water partition coefficient (Wildman–Crippen LogP) is 2.37. The van der Waals surface area contributed by atoms with Gasteiger partial charge in [0.2, 0.25) is 0 Å². The molecule has 0 aromatic heterocycles. The zero-order valence-electron chi connectivity index (χ0n) is 11.8. The lowest BCUT2D eigenvalue weighted by molar-refractivity contribution is -0.133. The summed E-state index contributed by atoms with van der Waals surface area (Å²) in [7, 11) is 0. The first-order valence-electron chi connectivity index (χ1n) is 6.34. The Morgan fingerprint density at radius 2 is 1.50 bits per heavy atom. The maximum Gasteiger partial charge on any atom is 0.334 e. The Bertz CT molecular complexity index is 701. The molecule has 116 valence electrons. The molecule has 0 bridgehead atoms. The number of hydrogen-bond acceptors (Lipinski definition) is 3. The molecule has 5 nitrogen and oxygen atoms in total. The Hall–Kier alpha value is -2.70. The zero-order chi connectivity index (χ0) is 16.6. The number of nitrogens with one attached hydrogen (secondary N) is 1. The second kappa shape index (κ2) is 5.59. The van der Waals surface area contributed by atoms with Crippen LogP contribution in [0.15, 0.2) is 40.7 Å². The second-order valence-electron chi connectivity index (χ2n) is 4.92. The van der Waals surface area contributed by atoms with Crippen molar-refractivity contribution in [3.63, 3.8) is 0 Å². The largest absolute Gasteiger partial charge is 0.478 e. The van der Waals surface area contributed by atoms with Crippen molar-refractivity contribution < 1.29 is 28.6 Å². The minimum Gasteiger partial charge on any atom is -0.478 e. The van der Waals surface area contributed by atoms with Gasteiger partial charge in [-0.05, 0) is 31.5 Å². The summed E-state index contributed by atoms with van der Waals surface area (Å²) < 4.78 is 26.6. The summed E-state index contributed by atoms with van der Waals surface area (Å²) in [4.78, 5) is 23.0. The Morgan fingerprint density at radius 1 is 1.00 bits per heavy atom. The highest BCUT2D eigenvalue weighted by Gasteiger charge is 2.36. The highest BCUT2D eigenvalue weighted by Crippen LogP contribution is 2.38. The van der Waals surface area contributed by atoms with E-state index in [-0.39, 0.29) is 28.1 Å². The van der Waals surface area contributed by atoms with Crippen molar-refractivity contribution >= 4 is 11.9 Å². The summed E-state index contributed by atoms with van der Waals surface area (Å²) in [6.45, 7) is 2.97. The van der Waals surface area contributed by atoms with Crippen molar-refractivity contribution in [2.24, 2.45) is 0 Å². The minimum absolute atomic E-state index is 0.0638. The molecule has 1 heterocycles. The third kappa shape index (κ3) is 2.57. The van der Waals surface area contributed by atoms with Crippen molar-refractivity contribution in [3.8, 4) is 0 Å². The van der Waals surface area contributed by atoms with Crippen LogP contribution in [0, 0.1) is 11.6 Å². The molecule has 0 fully saturated rings. The lowest BCUT2D eigenvalue weighted by Crippen LogP contribution is -2.31. The third-order valence-electron chi connectivity index (χ3n) is 3.50. The summed E-state index contributed by atoms with van der Waals surface area (Å²) >= 11 is 0. The molecular weight excluding hydrogens is 296 g/mol. The first-order chi connectivity index (χ1) is 10.2. The molecule has 0 unspecified atom stereocenters. The van der Waals surface area contributed by atoms with Crippen molar-refractivity contribution in [2.45, 2.75) is 19.8 Å². The average molecular weight is 309 g/mol. The third-order valence-corrected chi connectivity index (χ3v) is 3.50. The number of dihydropyridines is 1. The van der Waals surface area contributed by atoms with E-state index >= 15 is 0 Å². The van der Waals surface area contributed by atoms with E-state index in [1.807, 2.05) is 0 Å². The van der Waals surface area contributed by atoms with Gasteiger partial charge in [0.15, 0.2) is 11.6 Å². The van der Waals surface area contributed by atoms with Crippen LogP contribution in [0.4, 0.5) is 8.78 Å². The van der Waals surface area contributed by atoms with Gasteiger partial charge in [0, 0.05) is 11.4 Å². The Morgan fingerprint density at radius 3 is 1.91 bits per heavy atom. The van der Waals surface area contributed by atoms with Crippen LogP contribution in [0.2, 0.25) is 0 Å². The fraction of sp³-hybridized carbons (Fsp3) is 0.200. The molecule has 1 aliphatic rings. The smallest absolute Gasteiger partial charge is 0.334 e. The van der Waals surface area contributed by atoms with Gasteiger partial charge in [0.1, 0.15) is 0 Å². The standard InChI is InChI=1S/C15H13F2NO4/c1-6-11(14(19)20)13(12(15(21)22)7(2)18-6)8-3-4-9(16)10(17)5-8/h3-5,13,18H,1-2H3,(H,19,20)(H,21,22). The second-order valence-corrected chi connectivity index (χ2v) is 4.92. The van der Waals surface area contributed by atoms with Crippen molar-refractivity contribution in [2.75, 3.05) is 0 Å². The van der Waals surface area contributed by atoms with Gasteiger partial charge >= 0.3 is 11.9 Å². The summed E-state index contributed by atoms with van der Waals surface area (Å²) in [5, 5.41) is 21.4. The van der Waals surface area contributed by atoms with E-state index in [0.717, 1.165) is 12.1 Å². The maximum absolute atomic E-state index is 13.5. The number of hydrogen-bond donors (Lipinski definition) is 3. The van der Waals surface area contributed by atoms with Crippen molar-refractivity contribution in [1.82, 2.24) is 5.32 Å². The number of carboxylic acid groups (broad SMARTS) is 2. The molecule has 1 aliphatic heterocycles. The zero-order valence-corrected chi connectivity index (χ0v) is 11.8. The number of aliphatic carboxylic acids is 2. The molecule has 0 radical (unpaired) electrons. The van der Waals surface area contributed by atoms with E-state index in [9.17, 15) is 28.6 Å². The number of carboxylic acids is 2. The molecule has 2 rings (SSSR count). The molecule has 3 N–H and O–H groups in total. The van der Waals surface area contributed by atoms with E-state index in [0.29, 0.717) is 0 Å². The molecule has 1 aromatic carbocycles. The highest BCUT2D eigenvalue weighted by atomic mass is 19.2. The number of carbonyl (C=O) groups is 2. The lowest BCUT2D eigenvalue weighted by Gasteiger charge is -2.28. The molecule has 0 saturated carbocycles. The van der Waals surface area contributed by atoms with Crippen LogP contribution in [-0.2, 0) is 9.59 Å². The Labute approximate surface area is 124 Å². The van der Waals surface area contributed by atoms with Crippen LogP contribution in [-0.4, -0.2) is 22.2 Å². The highest BCUT2D eigenvalue weighted by molar-refractivity contribution is 5.98. The van der Waals surface area contributed by atoms with Crippen molar-refractivity contribution in [3.05, 3.63) is 57.9 Å². The lowest BCUT2D eigenvalue weighted by atomic mass is 9.80. The van der Waals surface area contributed by atoms with Gasteiger partial charge in [-0.15, -0.1) is 0 Å². The van der Waals surface area contributed by atoms with E-state index in [1.54, 1.807) is 0 Å². The fourth-order valence-corrected chi connectivity index (χ4v) is 2.59. The topological polar surface area (TPSA) is 86.6 Å². The maximum atomic E-state index is 13.5. The van der Waals surface area contributed by atoms with E-state index in [2.05, 4.69) is 5.32 Å². The SMILES string of the molecule is CC1=C(C(=O)O)C(c2ccc(F)c(F)c2)C(C(=O)O)=C(C)N1. The molecule has 7 heteroatoms. The van der Waals surface area contributed by atoms with Crippen LogP contribution in [0.3, 0.4) is 0 Å². The van der Waals surface area contributed by atoms with Crippen LogP contribution in [0.1, 0.15) is 25.3 Å². The van der Waals surface area contributed by atoms with Gasteiger partial charge in [0.05, 0.1) is 17.1 Å². The molecular formula is C15H13F2NO4. The van der Waals surface area contributed by atoms with E-state index in [1.165, 1.54) is 19.9 Å². The molecule has 0 amide bonds. The van der Waals surface area contributed by atoms with Crippen LogP contribution < -0.4 is 5.32 Å². The van der Waals surface area contributed by atoms with Gasteiger partial charge in [0.25, 0.3) is 0 Å². The summed E-state index contributed by atoms with van der Waals surface area (Å²) in [6.07, 6.45) is 0. The van der Waals surface area contributed by atoms with Crippen LogP contribution in [0.5, 0.6) is 0 Å². The average Bonchev–Trinajstić information content (AvgIpc) is 2.39. The summed E-state index contributed by atoms with van der Waals surface area (Å²) in [6, 6.07) is 2.84. The molecule has 0 spiro atoms. The molecule has 0 aliphatic carbocycles. The van der Waals surface area contributed by atoms with Crippen LogP contribution >= 0.6 is 0 Å². The first-order valence-corrected chi connectivity index (χ1v) is 6.34. The number of rotatable bonds is 3. The molecule has 0 atom stereocenters. The molecule has 1 aromatic rings. The van der Waals surface area contributed by atoms with Gasteiger partial charge < -0.3 is 15.5 Å². The summed E-state index contributed by atoms with van der Waals surface area (Å²) in [5.41, 5.74) is 0.145. The molecule has 0 saturated heterocycles. The molecule has 22 heavy (non-hydrogen) atoms.